The smallest absolute Gasteiger partial charge is 0.0761 e. The summed E-state index contributed by atoms with van der Waals surface area (Å²) in [6.45, 7) is 11.2. The van der Waals surface area contributed by atoms with Crippen molar-refractivity contribution in [1.29, 1.82) is 0 Å². The first-order valence-electron chi connectivity index (χ1n) is 7.41. The molecule has 0 aromatic heterocycles. The van der Waals surface area contributed by atoms with E-state index in [1.165, 1.54) is 18.5 Å². The zero-order valence-corrected chi connectivity index (χ0v) is 12.7. The summed E-state index contributed by atoms with van der Waals surface area (Å²) in [5.41, 5.74) is 2.72. The van der Waals surface area contributed by atoms with Gasteiger partial charge in [0.2, 0.25) is 0 Å². The van der Waals surface area contributed by atoms with Gasteiger partial charge in [0.15, 0.2) is 0 Å². The Morgan fingerprint density at radius 1 is 1.11 bits per heavy atom. The molecule has 0 bridgehead atoms. The van der Waals surface area contributed by atoms with E-state index in [9.17, 15) is 5.11 Å². The summed E-state index contributed by atoms with van der Waals surface area (Å²) >= 11 is 0. The minimum Gasteiger partial charge on any atom is -0.389 e. The van der Waals surface area contributed by atoms with Crippen molar-refractivity contribution in [2.45, 2.75) is 46.6 Å². The van der Waals surface area contributed by atoms with Crippen LogP contribution in [0.1, 0.15) is 52.2 Å². The standard InChI is InChI=1S/C17H27NO/c1-13(19)14-5-7-16(8-6-14)18-11-9-15(10-12-18)17(2,3)4/h5-8,13,15,19H,9-12H2,1-4H3. The average Bonchev–Trinajstić information content (AvgIpc) is 2.38. The highest BCUT2D eigenvalue weighted by atomic mass is 16.3. The zero-order chi connectivity index (χ0) is 14.0. The highest BCUT2D eigenvalue weighted by Gasteiger charge is 2.28. The van der Waals surface area contributed by atoms with E-state index < -0.39 is 0 Å². The van der Waals surface area contributed by atoms with Crippen LogP contribution in [-0.2, 0) is 0 Å². The number of hydrogen-bond acceptors (Lipinski definition) is 2. The lowest BCUT2D eigenvalue weighted by Crippen LogP contribution is -2.38. The van der Waals surface area contributed by atoms with Crippen molar-refractivity contribution in [2.75, 3.05) is 18.0 Å². The van der Waals surface area contributed by atoms with Gasteiger partial charge in [0.05, 0.1) is 6.10 Å². The van der Waals surface area contributed by atoms with Crippen LogP contribution in [0.25, 0.3) is 0 Å². The Labute approximate surface area is 117 Å². The van der Waals surface area contributed by atoms with Gasteiger partial charge in [0.1, 0.15) is 0 Å². The summed E-state index contributed by atoms with van der Waals surface area (Å²) in [7, 11) is 0. The Hall–Kier alpha value is -1.02. The predicted molar refractivity (Wildman–Crippen MR) is 81.5 cm³/mol. The van der Waals surface area contributed by atoms with E-state index in [2.05, 4.69) is 37.8 Å². The number of nitrogens with zero attached hydrogens (tertiary/aromatic N) is 1. The number of rotatable bonds is 2. The van der Waals surface area contributed by atoms with Crippen molar-refractivity contribution in [3.63, 3.8) is 0 Å². The molecule has 1 N–H and O–H groups in total. The summed E-state index contributed by atoms with van der Waals surface area (Å²) < 4.78 is 0. The van der Waals surface area contributed by atoms with Crippen molar-refractivity contribution in [3.05, 3.63) is 29.8 Å². The summed E-state index contributed by atoms with van der Waals surface area (Å²) in [4.78, 5) is 2.47. The number of benzene rings is 1. The molecule has 0 saturated carbocycles. The van der Waals surface area contributed by atoms with Crippen LogP contribution in [0.2, 0.25) is 0 Å². The molecule has 1 heterocycles. The van der Waals surface area contributed by atoms with Crippen LogP contribution < -0.4 is 4.90 Å². The van der Waals surface area contributed by atoms with E-state index in [4.69, 9.17) is 0 Å². The van der Waals surface area contributed by atoms with Gasteiger partial charge in [-0.1, -0.05) is 32.9 Å². The number of aliphatic hydroxyl groups excluding tert-OH is 1. The number of hydrogen-bond donors (Lipinski definition) is 1. The first-order chi connectivity index (χ1) is 8.88. The minimum atomic E-state index is -0.374. The van der Waals surface area contributed by atoms with Crippen molar-refractivity contribution < 1.29 is 5.11 Å². The number of piperidine rings is 1. The van der Waals surface area contributed by atoms with Gasteiger partial charge < -0.3 is 10.0 Å². The molecular weight excluding hydrogens is 234 g/mol. The van der Waals surface area contributed by atoms with E-state index in [0.29, 0.717) is 5.41 Å². The summed E-state index contributed by atoms with van der Waals surface area (Å²) in [6, 6.07) is 8.35. The second kappa shape index (κ2) is 5.54. The van der Waals surface area contributed by atoms with Crippen molar-refractivity contribution >= 4 is 5.69 Å². The molecule has 1 aromatic rings. The largest absolute Gasteiger partial charge is 0.389 e. The Balaban J connectivity index is 1.98. The maximum atomic E-state index is 9.54. The molecule has 2 nitrogen and oxygen atoms in total. The van der Waals surface area contributed by atoms with E-state index >= 15 is 0 Å². The molecule has 106 valence electrons. The molecule has 0 aliphatic carbocycles. The Kier molecular flexibility index (Phi) is 4.19. The summed E-state index contributed by atoms with van der Waals surface area (Å²) in [5, 5.41) is 9.54. The monoisotopic (exact) mass is 261 g/mol. The highest BCUT2D eigenvalue weighted by molar-refractivity contribution is 5.48. The van der Waals surface area contributed by atoms with Crippen LogP contribution in [0.4, 0.5) is 5.69 Å². The molecule has 2 rings (SSSR count). The second-order valence-corrected chi connectivity index (χ2v) is 6.89. The van der Waals surface area contributed by atoms with Gasteiger partial charge in [-0.15, -0.1) is 0 Å². The molecule has 0 radical (unpaired) electrons. The van der Waals surface area contributed by atoms with Gasteiger partial charge >= 0.3 is 0 Å². The van der Waals surface area contributed by atoms with Gasteiger partial charge in [-0.3, -0.25) is 0 Å². The van der Waals surface area contributed by atoms with E-state index in [0.717, 1.165) is 24.6 Å². The Bertz CT molecular complexity index is 394. The van der Waals surface area contributed by atoms with Crippen LogP contribution in [0, 0.1) is 11.3 Å². The maximum Gasteiger partial charge on any atom is 0.0761 e. The normalized spacial score (nSPS) is 19.5. The summed E-state index contributed by atoms with van der Waals surface area (Å²) in [6.07, 6.45) is 2.18. The van der Waals surface area contributed by atoms with Gasteiger partial charge in [0, 0.05) is 18.8 Å². The number of anilines is 1. The first kappa shape index (κ1) is 14.4. The third kappa shape index (κ3) is 3.50. The summed E-state index contributed by atoms with van der Waals surface area (Å²) in [5.74, 6) is 0.834. The molecule has 1 atom stereocenters. The van der Waals surface area contributed by atoms with Crippen molar-refractivity contribution in [3.8, 4) is 0 Å². The molecule has 1 aliphatic heterocycles. The lowest BCUT2D eigenvalue weighted by Gasteiger charge is -2.39. The quantitative estimate of drug-likeness (QED) is 0.869. The zero-order valence-electron chi connectivity index (χ0n) is 12.7. The van der Waals surface area contributed by atoms with E-state index in [1.807, 2.05) is 19.1 Å². The molecule has 1 aromatic carbocycles. The van der Waals surface area contributed by atoms with Gasteiger partial charge in [-0.2, -0.15) is 0 Å². The molecule has 1 saturated heterocycles. The lowest BCUT2D eigenvalue weighted by molar-refractivity contribution is 0.198. The lowest BCUT2D eigenvalue weighted by atomic mass is 9.75. The third-order valence-electron chi connectivity index (χ3n) is 4.46. The van der Waals surface area contributed by atoms with Crippen LogP contribution >= 0.6 is 0 Å². The molecule has 1 fully saturated rings. The fourth-order valence-electron chi connectivity index (χ4n) is 2.97. The number of aliphatic hydroxyl groups is 1. The molecule has 1 aliphatic rings. The van der Waals surface area contributed by atoms with Crippen molar-refractivity contribution in [1.82, 2.24) is 0 Å². The van der Waals surface area contributed by atoms with Crippen LogP contribution in [0.15, 0.2) is 24.3 Å². The maximum absolute atomic E-state index is 9.54. The van der Waals surface area contributed by atoms with Crippen LogP contribution in [0.3, 0.4) is 0 Å². The average molecular weight is 261 g/mol. The Morgan fingerprint density at radius 3 is 2.05 bits per heavy atom. The molecule has 19 heavy (non-hydrogen) atoms. The molecule has 0 spiro atoms. The topological polar surface area (TPSA) is 23.5 Å². The van der Waals surface area contributed by atoms with Crippen molar-refractivity contribution in [2.24, 2.45) is 11.3 Å². The molecule has 2 heteroatoms. The van der Waals surface area contributed by atoms with E-state index in [-0.39, 0.29) is 6.10 Å². The second-order valence-electron chi connectivity index (χ2n) is 6.89. The third-order valence-corrected chi connectivity index (χ3v) is 4.46. The minimum absolute atomic E-state index is 0.374. The fraction of sp³-hybridized carbons (Fsp3) is 0.647. The predicted octanol–water partition coefficient (Wildman–Crippen LogP) is 4.00. The van der Waals surface area contributed by atoms with Crippen LogP contribution in [0.5, 0.6) is 0 Å². The first-order valence-corrected chi connectivity index (χ1v) is 7.41. The van der Waals surface area contributed by atoms with Gasteiger partial charge in [-0.05, 0) is 48.8 Å². The highest BCUT2D eigenvalue weighted by Crippen LogP contribution is 2.35. The van der Waals surface area contributed by atoms with Crippen LogP contribution in [-0.4, -0.2) is 18.2 Å². The fourth-order valence-corrected chi connectivity index (χ4v) is 2.97. The molecule has 1 unspecified atom stereocenters. The van der Waals surface area contributed by atoms with E-state index in [1.54, 1.807) is 0 Å². The SMILES string of the molecule is CC(O)c1ccc(N2CCC(C(C)(C)C)CC2)cc1. The Morgan fingerprint density at radius 2 is 1.63 bits per heavy atom. The molecular formula is C17H27NO. The molecule has 0 amide bonds. The van der Waals surface area contributed by atoms with Gasteiger partial charge in [0.25, 0.3) is 0 Å². The van der Waals surface area contributed by atoms with Gasteiger partial charge in [-0.25, -0.2) is 0 Å².